The van der Waals surface area contributed by atoms with Gasteiger partial charge in [0, 0.05) is 0 Å². The Hall–Kier alpha value is -0.260. The van der Waals surface area contributed by atoms with Gasteiger partial charge in [0.25, 0.3) is 0 Å². The molecule has 0 N–H and O–H groups in total. The first kappa shape index (κ1) is 17.7. The van der Waals surface area contributed by atoms with Crippen LogP contribution in [0.15, 0.2) is 12.2 Å². The molecule has 1 radical (unpaired) electrons. The van der Waals surface area contributed by atoms with E-state index in [0.717, 1.165) is 5.92 Å². The van der Waals surface area contributed by atoms with Crippen LogP contribution in [0.1, 0.15) is 90.9 Å². The molecule has 0 saturated carbocycles. The number of hydrogen-bond donors (Lipinski definition) is 0. The van der Waals surface area contributed by atoms with Crippen LogP contribution in [0, 0.1) is 12.8 Å². The molecule has 107 valence electrons. The van der Waals surface area contributed by atoms with Crippen LogP contribution in [0.2, 0.25) is 0 Å². The Bertz CT molecular complexity index is 167. The predicted molar refractivity (Wildman–Crippen MR) is 84.7 cm³/mol. The Labute approximate surface area is 116 Å². The number of unbranched alkanes of at least 4 members (excludes halogenated alkanes) is 10. The normalized spacial score (nSPS) is 11.8. The van der Waals surface area contributed by atoms with Crippen molar-refractivity contribution in [3.8, 4) is 0 Å². The summed E-state index contributed by atoms with van der Waals surface area (Å²) in [6, 6.07) is 0. The summed E-state index contributed by atoms with van der Waals surface area (Å²) < 4.78 is 0. The summed E-state index contributed by atoms with van der Waals surface area (Å²) in [4.78, 5) is 0. The van der Waals surface area contributed by atoms with E-state index in [0.29, 0.717) is 0 Å². The van der Waals surface area contributed by atoms with E-state index in [9.17, 15) is 0 Å². The largest absolute Gasteiger partial charge is 0.0885 e. The maximum atomic E-state index is 3.70. The molecule has 0 nitrogen and oxygen atoms in total. The third-order valence-electron chi connectivity index (χ3n) is 3.57. The number of allylic oxidation sites excluding steroid dienone is 2. The summed E-state index contributed by atoms with van der Waals surface area (Å²) in [6.45, 7) is 8.36. The molecule has 0 heteroatoms. The van der Waals surface area contributed by atoms with Gasteiger partial charge >= 0.3 is 0 Å². The third-order valence-corrected chi connectivity index (χ3v) is 3.57. The maximum Gasteiger partial charge on any atom is -0.0316 e. The Morgan fingerprint density at radius 1 is 0.722 bits per heavy atom. The van der Waals surface area contributed by atoms with Crippen LogP contribution in [-0.4, -0.2) is 0 Å². The molecule has 0 amide bonds. The van der Waals surface area contributed by atoms with E-state index in [2.05, 4.69) is 26.8 Å². The van der Waals surface area contributed by atoms with Gasteiger partial charge in [0.05, 0.1) is 0 Å². The van der Waals surface area contributed by atoms with Crippen molar-refractivity contribution in [2.45, 2.75) is 90.9 Å². The van der Waals surface area contributed by atoms with Crippen molar-refractivity contribution in [1.82, 2.24) is 0 Å². The van der Waals surface area contributed by atoms with Gasteiger partial charge in [0.1, 0.15) is 0 Å². The van der Waals surface area contributed by atoms with E-state index >= 15 is 0 Å². The minimum absolute atomic E-state index is 0.892. The van der Waals surface area contributed by atoms with Crippen LogP contribution in [0.25, 0.3) is 0 Å². The molecule has 0 atom stereocenters. The zero-order valence-corrected chi connectivity index (χ0v) is 12.9. The number of hydrogen-bond acceptors (Lipinski definition) is 0. The first-order valence-electron chi connectivity index (χ1n) is 8.21. The topological polar surface area (TPSA) is 0 Å². The first-order chi connectivity index (χ1) is 8.77. The Morgan fingerprint density at radius 2 is 1.17 bits per heavy atom. The minimum atomic E-state index is 0.892. The third kappa shape index (κ3) is 15.7. The lowest BCUT2D eigenvalue weighted by Crippen LogP contribution is -1.87. The van der Waals surface area contributed by atoms with Crippen LogP contribution >= 0.6 is 0 Å². The van der Waals surface area contributed by atoms with Gasteiger partial charge < -0.3 is 0 Å². The van der Waals surface area contributed by atoms with Gasteiger partial charge in [-0.15, -0.1) is 0 Å². The second-order valence-corrected chi connectivity index (χ2v) is 5.98. The molecule has 0 heterocycles. The molecular formula is C18H35. The van der Waals surface area contributed by atoms with Crippen LogP contribution in [0.4, 0.5) is 0 Å². The second kappa shape index (κ2) is 14.8. The van der Waals surface area contributed by atoms with E-state index in [-0.39, 0.29) is 0 Å². The van der Waals surface area contributed by atoms with Crippen molar-refractivity contribution in [2.24, 2.45) is 5.92 Å². The van der Waals surface area contributed by atoms with E-state index in [1.165, 1.54) is 77.0 Å². The van der Waals surface area contributed by atoms with E-state index in [1.807, 2.05) is 6.08 Å². The number of rotatable bonds is 13. The summed E-state index contributed by atoms with van der Waals surface area (Å²) in [5, 5.41) is 0. The van der Waals surface area contributed by atoms with Crippen LogP contribution < -0.4 is 0 Å². The molecule has 0 fully saturated rings. The fraction of sp³-hybridized carbons (Fsp3) is 0.833. The van der Waals surface area contributed by atoms with Crippen molar-refractivity contribution >= 4 is 0 Å². The highest BCUT2D eigenvalue weighted by molar-refractivity contribution is 4.83. The molecule has 0 aliphatic carbocycles. The molecule has 0 aliphatic rings. The Morgan fingerprint density at radius 3 is 1.61 bits per heavy atom. The smallest absolute Gasteiger partial charge is 0.0316 e. The molecular weight excluding hydrogens is 216 g/mol. The lowest BCUT2D eigenvalue weighted by Gasteiger charge is -2.04. The minimum Gasteiger partial charge on any atom is -0.0885 e. The zero-order valence-electron chi connectivity index (χ0n) is 12.9. The highest BCUT2D eigenvalue weighted by Crippen LogP contribution is 2.13. The molecule has 0 aromatic carbocycles. The molecule has 0 bridgehead atoms. The Kier molecular flexibility index (Phi) is 14.6. The highest BCUT2D eigenvalue weighted by atomic mass is 14.0. The molecule has 0 aliphatic heterocycles. The first-order valence-corrected chi connectivity index (χ1v) is 8.21. The van der Waals surface area contributed by atoms with Crippen LogP contribution in [0.5, 0.6) is 0 Å². The van der Waals surface area contributed by atoms with Gasteiger partial charge in [-0.05, 0) is 25.7 Å². The quantitative estimate of drug-likeness (QED) is 0.319. The standard InChI is InChI=1S/C18H35/c1-4-5-6-7-8-9-10-11-12-13-14-15-16-17-18(2)3/h4-5,18H,1,6-17H2,2-3H3/b5-4+. The van der Waals surface area contributed by atoms with Gasteiger partial charge in [0.15, 0.2) is 0 Å². The fourth-order valence-corrected chi connectivity index (χ4v) is 2.35. The molecule has 0 rings (SSSR count). The Balaban J connectivity index is 2.94. The van der Waals surface area contributed by atoms with Crippen molar-refractivity contribution in [3.63, 3.8) is 0 Å². The summed E-state index contributed by atoms with van der Waals surface area (Å²) in [7, 11) is 0. The van der Waals surface area contributed by atoms with Gasteiger partial charge in [-0.2, -0.15) is 0 Å². The fourth-order valence-electron chi connectivity index (χ4n) is 2.35. The summed E-state index contributed by atoms with van der Waals surface area (Å²) >= 11 is 0. The monoisotopic (exact) mass is 251 g/mol. The van der Waals surface area contributed by atoms with Gasteiger partial charge in [-0.1, -0.05) is 90.2 Å². The SMILES string of the molecule is [CH2]/C=C/CCCCCCCCCCCCC(C)C. The van der Waals surface area contributed by atoms with Crippen molar-refractivity contribution in [2.75, 3.05) is 0 Å². The molecule has 0 aromatic rings. The lowest BCUT2D eigenvalue weighted by molar-refractivity contribution is 0.505. The van der Waals surface area contributed by atoms with E-state index in [4.69, 9.17) is 0 Å². The highest BCUT2D eigenvalue weighted by Gasteiger charge is 1.95. The van der Waals surface area contributed by atoms with Gasteiger partial charge in [-0.3, -0.25) is 0 Å². The average Bonchev–Trinajstić information content (AvgIpc) is 2.34. The van der Waals surface area contributed by atoms with Gasteiger partial charge in [-0.25, -0.2) is 0 Å². The molecule has 0 spiro atoms. The van der Waals surface area contributed by atoms with Crippen LogP contribution in [-0.2, 0) is 0 Å². The molecule has 0 saturated heterocycles. The predicted octanol–water partition coefficient (Wildman–Crippen LogP) is 6.71. The lowest BCUT2D eigenvalue weighted by atomic mass is 10.0. The van der Waals surface area contributed by atoms with Crippen LogP contribution in [0.3, 0.4) is 0 Å². The maximum absolute atomic E-state index is 3.70. The van der Waals surface area contributed by atoms with Crippen molar-refractivity contribution in [3.05, 3.63) is 19.1 Å². The van der Waals surface area contributed by atoms with Crippen molar-refractivity contribution in [1.29, 1.82) is 0 Å². The second-order valence-electron chi connectivity index (χ2n) is 5.98. The summed E-state index contributed by atoms with van der Waals surface area (Å²) in [5.41, 5.74) is 0. The van der Waals surface area contributed by atoms with Crippen molar-refractivity contribution < 1.29 is 0 Å². The van der Waals surface area contributed by atoms with E-state index < -0.39 is 0 Å². The molecule has 18 heavy (non-hydrogen) atoms. The zero-order chi connectivity index (χ0) is 13.5. The summed E-state index contributed by atoms with van der Waals surface area (Å²) in [6.07, 6.45) is 21.1. The summed E-state index contributed by atoms with van der Waals surface area (Å²) in [5.74, 6) is 0.892. The molecule has 0 aromatic heterocycles. The molecule has 0 unspecified atom stereocenters. The van der Waals surface area contributed by atoms with E-state index in [1.54, 1.807) is 0 Å². The van der Waals surface area contributed by atoms with Gasteiger partial charge in [0.2, 0.25) is 0 Å². The average molecular weight is 251 g/mol.